The summed E-state index contributed by atoms with van der Waals surface area (Å²) in [4.78, 5) is 10.9. The summed E-state index contributed by atoms with van der Waals surface area (Å²) in [6.07, 6.45) is 0. The van der Waals surface area contributed by atoms with Gasteiger partial charge >= 0.3 is 5.97 Å². The van der Waals surface area contributed by atoms with Crippen LogP contribution in [0.1, 0.15) is 0 Å². The number of esters is 1. The van der Waals surface area contributed by atoms with Crippen molar-refractivity contribution in [2.75, 3.05) is 45.5 Å². The second-order valence-corrected chi connectivity index (χ2v) is 3.96. The summed E-state index contributed by atoms with van der Waals surface area (Å²) in [7, 11) is 2.97. The van der Waals surface area contributed by atoms with Crippen LogP contribution in [0.3, 0.4) is 0 Å². The zero-order valence-electron chi connectivity index (χ0n) is 9.23. The lowest BCUT2D eigenvalue weighted by molar-refractivity contribution is -0.141. The van der Waals surface area contributed by atoms with E-state index < -0.39 is 6.04 Å². The number of thioether (sulfide) groups is 1. The summed E-state index contributed by atoms with van der Waals surface area (Å²) in [5, 5.41) is 0. The molecular formula is C9H19NO4S. The normalized spacial score (nSPS) is 12.5. The van der Waals surface area contributed by atoms with E-state index in [-0.39, 0.29) is 5.97 Å². The number of hydrogen-bond acceptors (Lipinski definition) is 6. The van der Waals surface area contributed by atoms with Gasteiger partial charge in [-0.2, -0.15) is 11.8 Å². The summed E-state index contributed by atoms with van der Waals surface area (Å²) < 4.78 is 14.6. The Morgan fingerprint density at radius 2 is 2.07 bits per heavy atom. The Labute approximate surface area is 94.6 Å². The van der Waals surface area contributed by atoms with E-state index in [4.69, 9.17) is 15.2 Å². The zero-order valence-corrected chi connectivity index (χ0v) is 10.0. The standard InChI is InChI=1S/C9H19NO4S/c1-12-3-4-14-5-6-15-7-8(10)9(11)13-2/h8H,3-7,10H2,1-2H3. The Hall–Kier alpha value is -0.300. The molecule has 2 N–H and O–H groups in total. The Bertz CT molecular complexity index is 168. The molecule has 6 heteroatoms. The highest BCUT2D eigenvalue weighted by molar-refractivity contribution is 7.99. The highest BCUT2D eigenvalue weighted by Crippen LogP contribution is 2.02. The van der Waals surface area contributed by atoms with Crippen molar-refractivity contribution in [1.29, 1.82) is 0 Å². The van der Waals surface area contributed by atoms with Crippen LogP contribution < -0.4 is 5.73 Å². The second kappa shape index (κ2) is 10.2. The molecule has 1 unspecified atom stereocenters. The molecule has 0 bridgehead atoms. The minimum atomic E-state index is -0.543. The molecule has 0 aromatic rings. The van der Waals surface area contributed by atoms with E-state index in [1.54, 1.807) is 18.9 Å². The maximum absolute atomic E-state index is 10.9. The number of nitrogens with two attached hydrogens (primary N) is 1. The first-order chi connectivity index (χ1) is 7.22. The van der Waals surface area contributed by atoms with E-state index in [1.807, 2.05) is 0 Å². The molecule has 0 saturated carbocycles. The summed E-state index contributed by atoms with van der Waals surface area (Å²) in [5.74, 6) is 0.997. The van der Waals surface area contributed by atoms with Crippen molar-refractivity contribution < 1.29 is 19.0 Å². The average Bonchev–Trinajstić information content (AvgIpc) is 2.26. The molecule has 1 atom stereocenters. The first kappa shape index (κ1) is 14.7. The molecule has 0 aliphatic rings. The van der Waals surface area contributed by atoms with E-state index in [2.05, 4.69) is 4.74 Å². The summed E-state index contributed by atoms with van der Waals surface area (Å²) in [5.41, 5.74) is 5.53. The van der Waals surface area contributed by atoms with Gasteiger partial charge in [-0.05, 0) is 0 Å². The SMILES string of the molecule is COCCOCCSCC(N)C(=O)OC. The maximum atomic E-state index is 10.9. The van der Waals surface area contributed by atoms with Gasteiger partial charge in [0.05, 0.1) is 26.9 Å². The molecular weight excluding hydrogens is 218 g/mol. The van der Waals surface area contributed by atoms with Gasteiger partial charge in [-0.1, -0.05) is 0 Å². The summed E-state index contributed by atoms with van der Waals surface area (Å²) >= 11 is 1.57. The Balaban J connectivity index is 3.20. The van der Waals surface area contributed by atoms with E-state index in [9.17, 15) is 4.79 Å². The Kier molecular flexibility index (Phi) is 10.0. The average molecular weight is 237 g/mol. The van der Waals surface area contributed by atoms with Crippen LogP contribution in [0.5, 0.6) is 0 Å². The fourth-order valence-corrected chi connectivity index (χ4v) is 1.58. The first-order valence-electron chi connectivity index (χ1n) is 4.70. The van der Waals surface area contributed by atoms with Crippen molar-refractivity contribution in [2.24, 2.45) is 5.73 Å². The van der Waals surface area contributed by atoms with Crippen LogP contribution in [0.4, 0.5) is 0 Å². The van der Waals surface area contributed by atoms with Gasteiger partial charge in [0.15, 0.2) is 0 Å². The van der Waals surface area contributed by atoms with Gasteiger partial charge in [-0.25, -0.2) is 0 Å². The van der Waals surface area contributed by atoms with Crippen LogP contribution in [0, 0.1) is 0 Å². The van der Waals surface area contributed by atoms with Gasteiger partial charge in [0.2, 0.25) is 0 Å². The van der Waals surface area contributed by atoms with Crippen LogP contribution in [0.15, 0.2) is 0 Å². The lowest BCUT2D eigenvalue weighted by Crippen LogP contribution is -2.34. The van der Waals surface area contributed by atoms with Crippen LogP contribution in [-0.2, 0) is 19.0 Å². The number of carbonyl (C=O) groups excluding carboxylic acids is 1. The number of methoxy groups -OCH3 is 2. The molecule has 0 aromatic heterocycles. The van der Waals surface area contributed by atoms with Crippen LogP contribution in [-0.4, -0.2) is 57.6 Å². The van der Waals surface area contributed by atoms with Crippen LogP contribution >= 0.6 is 11.8 Å². The summed E-state index contributed by atoms with van der Waals surface area (Å²) in [6.45, 7) is 1.84. The van der Waals surface area contributed by atoms with E-state index in [0.717, 1.165) is 5.75 Å². The molecule has 0 saturated heterocycles. The quantitative estimate of drug-likeness (QED) is 0.445. The zero-order chi connectivity index (χ0) is 11.5. The minimum Gasteiger partial charge on any atom is -0.468 e. The Morgan fingerprint density at radius 3 is 2.67 bits per heavy atom. The van der Waals surface area contributed by atoms with Crippen molar-refractivity contribution in [3.8, 4) is 0 Å². The minimum absolute atomic E-state index is 0.372. The molecule has 0 aliphatic heterocycles. The topological polar surface area (TPSA) is 70.8 Å². The lowest BCUT2D eigenvalue weighted by Gasteiger charge is -2.08. The second-order valence-electron chi connectivity index (χ2n) is 2.81. The van der Waals surface area contributed by atoms with Gasteiger partial charge in [-0.3, -0.25) is 4.79 Å². The monoisotopic (exact) mass is 237 g/mol. The first-order valence-corrected chi connectivity index (χ1v) is 5.85. The highest BCUT2D eigenvalue weighted by atomic mass is 32.2. The molecule has 0 rings (SSSR count). The molecule has 0 spiro atoms. The maximum Gasteiger partial charge on any atom is 0.323 e. The smallest absolute Gasteiger partial charge is 0.323 e. The fourth-order valence-electron chi connectivity index (χ4n) is 0.792. The van der Waals surface area contributed by atoms with E-state index in [0.29, 0.717) is 25.6 Å². The van der Waals surface area contributed by atoms with E-state index >= 15 is 0 Å². The molecule has 0 amide bonds. The van der Waals surface area contributed by atoms with Gasteiger partial charge in [0, 0.05) is 18.6 Å². The molecule has 90 valence electrons. The van der Waals surface area contributed by atoms with Crippen LogP contribution in [0.2, 0.25) is 0 Å². The predicted molar refractivity (Wildman–Crippen MR) is 60.0 cm³/mol. The molecule has 0 heterocycles. The third-order valence-electron chi connectivity index (χ3n) is 1.61. The van der Waals surface area contributed by atoms with E-state index in [1.165, 1.54) is 7.11 Å². The molecule has 0 aliphatic carbocycles. The van der Waals surface area contributed by atoms with Gasteiger partial charge in [-0.15, -0.1) is 0 Å². The Morgan fingerprint density at radius 1 is 1.33 bits per heavy atom. The van der Waals surface area contributed by atoms with Crippen molar-refractivity contribution in [2.45, 2.75) is 6.04 Å². The molecule has 0 fully saturated rings. The summed E-state index contributed by atoms with van der Waals surface area (Å²) in [6, 6.07) is -0.543. The molecule has 15 heavy (non-hydrogen) atoms. The predicted octanol–water partition coefficient (Wildman–Crippen LogP) is -0.117. The van der Waals surface area contributed by atoms with Crippen molar-refractivity contribution in [3.05, 3.63) is 0 Å². The fraction of sp³-hybridized carbons (Fsp3) is 0.889. The number of hydrogen-bond donors (Lipinski definition) is 1. The third kappa shape index (κ3) is 8.68. The molecule has 5 nitrogen and oxygen atoms in total. The van der Waals surface area contributed by atoms with Crippen molar-refractivity contribution >= 4 is 17.7 Å². The van der Waals surface area contributed by atoms with Crippen LogP contribution in [0.25, 0.3) is 0 Å². The van der Waals surface area contributed by atoms with Crippen molar-refractivity contribution in [1.82, 2.24) is 0 Å². The lowest BCUT2D eigenvalue weighted by atomic mass is 10.4. The largest absolute Gasteiger partial charge is 0.468 e. The third-order valence-corrected chi connectivity index (χ3v) is 2.66. The number of ether oxygens (including phenoxy) is 3. The van der Waals surface area contributed by atoms with Crippen molar-refractivity contribution in [3.63, 3.8) is 0 Å². The van der Waals surface area contributed by atoms with Gasteiger partial charge < -0.3 is 19.9 Å². The van der Waals surface area contributed by atoms with Gasteiger partial charge in [0.25, 0.3) is 0 Å². The highest BCUT2D eigenvalue weighted by Gasteiger charge is 2.12. The molecule has 0 aromatic carbocycles. The molecule has 0 radical (unpaired) electrons. The number of carbonyl (C=O) groups is 1. The number of rotatable bonds is 9. The van der Waals surface area contributed by atoms with Gasteiger partial charge in [0.1, 0.15) is 6.04 Å².